The number of nitrogens with zero attached hydrogens (tertiary/aromatic N) is 3. The normalized spacial score (nSPS) is 15.2. The summed E-state index contributed by atoms with van der Waals surface area (Å²) in [6.45, 7) is 0.957. The van der Waals surface area contributed by atoms with Gasteiger partial charge in [-0.1, -0.05) is 35.1 Å². The van der Waals surface area contributed by atoms with E-state index in [4.69, 9.17) is 31.1 Å². The van der Waals surface area contributed by atoms with Crippen LogP contribution in [0.15, 0.2) is 57.5 Å². The van der Waals surface area contributed by atoms with E-state index in [0.29, 0.717) is 31.2 Å². The number of alkyl halides is 3. The van der Waals surface area contributed by atoms with Gasteiger partial charge in [0.25, 0.3) is 5.56 Å². The van der Waals surface area contributed by atoms with Crippen molar-refractivity contribution in [3.8, 4) is 17.6 Å². The van der Waals surface area contributed by atoms with Gasteiger partial charge in [0, 0.05) is 14.2 Å². The topological polar surface area (TPSA) is 103 Å². The number of fused-ring (bicyclic) bond motifs is 1. The van der Waals surface area contributed by atoms with Gasteiger partial charge in [-0.3, -0.25) is 9.36 Å². The molecule has 0 unspecified atom stereocenters. The lowest BCUT2D eigenvalue weighted by molar-refractivity contribution is -0.140. The third-order valence-corrected chi connectivity index (χ3v) is 7.47. The van der Waals surface area contributed by atoms with Gasteiger partial charge in [-0.05, 0) is 65.4 Å². The molecule has 1 atom stereocenters. The van der Waals surface area contributed by atoms with E-state index in [1.807, 2.05) is 28.7 Å². The second-order valence-corrected chi connectivity index (χ2v) is 10.8. The smallest absolute Gasteiger partial charge is 0.434 e. The van der Waals surface area contributed by atoms with Gasteiger partial charge in [0.15, 0.2) is 28.6 Å². The Kier molecular flexibility index (Phi) is 8.91. The van der Waals surface area contributed by atoms with Crippen LogP contribution < -0.4 is 24.4 Å². The number of benzene rings is 2. The molecule has 0 aliphatic carbocycles. The van der Waals surface area contributed by atoms with E-state index in [1.165, 1.54) is 44.4 Å². The number of hydrogen-bond donors (Lipinski definition) is 0. The molecule has 40 heavy (non-hydrogen) atoms. The first-order chi connectivity index (χ1) is 19.0. The van der Waals surface area contributed by atoms with Gasteiger partial charge in [-0.25, -0.2) is 9.79 Å². The zero-order valence-corrected chi connectivity index (χ0v) is 24.4. The highest BCUT2D eigenvalue weighted by molar-refractivity contribution is 14.1. The van der Waals surface area contributed by atoms with Crippen molar-refractivity contribution in [2.45, 2.75) is 19.1 Å². The molecule has 208 valence electrons. The number of allylic oxidation sites excluding steroid dienone is 1. The SMILES string of the molecule is CCOC(=O)C1=C(C(F)(F)F)N=c2s/c(=C\c3cc(I)cc(OC)c3OCC#N)c(=O)n2[C@@H]1c1ccc(Cl)cc1. The molecule has 1 aliphatic heterocycles. The van der Waals surface area contributed by atoms with Crippen molar-refractivity contribution >= 4 is 57.6 Å². The zero-order valence-electron chi connectivity index (χ0n) is 20.7. The fourth-order valence-electron chi connectivity index (χ4n) is 4.05. The Bertz CT molecular complexity index is 1730. The van der Waals surface area contributed by atoms with E-state index in [2.05, 4.69) is 4.99 Å². The Morgan fingerprint density at radius 2 is 2.00 bits per heavy atom. The van der Waals surface area contributed by atoms with Crippen molar-refractivity contribution in [3.63, 3.8) is 0 Å². The molecule has 0 spiro atoms. The number of methoxy groups -OCH3 is 1. The van der Waals surface area contributed by atoms with Crippen LogP contribution in [0.5, 0.6) is 11.5 Å². The van der Waals surface area contributed by atoms with E-state index in [0.717, 1.165) is 4.57 Å². The minimum Gasteiger partial charge on any atom is -0.493 e. The van der Waals surface area contributed by atoms with Crippen molar-refractivity contribution in [1.82, 2.24) is 4.57 Å². The lowest BCUT2D eigenvalue weighted by Crippen LogP contribution is -2.41. The predicted octanol–water partition coefficient (Wildman–Crippen LogP) is 4.51. The number of rotatable bonds is 7. The van der Waals surface area contributed by atoms with Crippen LogP contribution in [0.3, 0.4) is 0 Å². The molecular weight excluding hydrogens is 686 g/mol. The van der Waals surface area contributed by atoms with Crippen LogP contribution in [0.1, 0.15) is 24.1 Å². The van der Waals surface area contributed by atoms with Crippen molar-refractivity contribution in [3.05, 3.63) is 87.1 Å². The van der Waals surface area contributed by atoms with Crippen LogP contribution in [0.4, 0.5) is 13.2 Å². The van der Waals surface area contributed by atoms with Crippen LogP contribution in [0.2, 0.25) is 5.02 Å². The largest absolute Gasteiger partial charge is 0.493 e. The van der Waals surface area contributed by atoms with Crippen LogP contribution in [0, 0.1) is 14.9 Å². The Balaban J connectivity index is 2.06. The van der Waals surface area contributed by atoms with Gasteiger partial charge in [-0.2, -0.15) is 18.4 Å². The molecular formula is C26H18ClF3IN3O5S. The van der Waals surface area contributed by atoms with Gasteiger partial charge < -0.3 is 14.2 Å². The quantitative estimate of drug-likeness (QED) is 0.265. The standard InChI is InChI=1S/C26H18ClF3IN3O5S/c1-3-38-24(36)19-20(13-4-6-15(27)7-5-13)34-23(35)18(40-25(34)33-22(19)26(28,29)30)11-14-10-16(31)12-17(37-2)21(14)39-9-8-32/h4-7,10-12,20H,3,9H2,1-2H3/b18-11-/t20-/m1/s1. The lowest BCUT2D eigenvalue weighted by Gasteiger charge is -2.26. The Labute approximate surface area is 247 Å². The zero-order chi connectivity index (χ0) is 29.2. The summed E-state index contributed by atoms with van der Waals surface area (Å²) in [5.74, 6) is -0.778. The molecule has 0 radical (unpaired) electrons. The number of carbonyl (C=O) groups is 1. The maximum Gasteiger partial charge on any atom is 0.434 e. The number of aromatic nitrogens is 1. The molecule has 0 saturated heterocycles. The van der Waals surface area contributed by atoms with Gasteiger partial charge in [0.1, 0.15) is 6.07 Å². The van der Waals surface area contributed by atoms with E-state index in [-0.39, 0.29) is 33.9 Å². The number of nitriles is 1. The summed E-state index contributed by atoms with van der Waals surface area (Å²) in [4.78, 5) is 30.2. The van der Waals surface area contributed by atoms with Crippen LogP contribution >= 0.6 is 45.5 Å². The molecule has 0 fully saturated rings. The first kappa shape index (κ1) is 29.6. The second-order valence-electron chi connectivity index (χ2n) is 8.09. The Morgan fingerprint density at radius 1 is 1.30 bits per heavy atom. The third-order valence-electron chi connectivity index (χ3n) is 5.62. The highest BCUT2D eigenvalue weighted by Crippen LogP contribution is 2.39. The van der Waals surface area contributed by atoms with Crippen LogP contribution in [-0.4, -0.2) is 37.0 Å². The van der Waals surface area contributed by atoms with E-state index in [9.17, 15) is 22.8 Å². The van der Waals surface area contributed by atoms with Crippen molar-refractivity contribution in [2.24, 2.45) is 4.99 Å². The number of esters is 1. The number of hydrogen-bond acceptors (Lipinski definition) is 8. The fraction of sp³-hybridized carbons (Fsp3) is 0.231. The van der Waals surface area contributed by atoms with Gasteiger partial charge in [0.2, 0.25) is 0 Å². The average molecular weight is 704 g/mol. The van der Waals surface area contributed by atoms with Crippen molar-refractivity contribution < 1.29 is 32.2 Å². The number of carbonyl (C=O) groups excluding carboxylic acids is 1. The number of ether oxygens (including phenoxy) is 3. The summed E-state index contributed by atoms with van der Waals surface area (Å²) in [5, 5.41) is 9.31. The molecule has 4 rings (SSSR count). The average Bonchev–Trinajstić information content (AvgIpc) is 3.21. The van der Waals surface area contributed by atoms with E-state index >= 15 is 0 Å². The van der Waals surface area contributed by atoms with Crippen molar-refractivity contribution in [2.75, 3.05) is 20.3 Å². The number of halogens is 5. The van der Waals surface area contributed by atoms with Crippen molar-refractivity contribution in [1.29, 1.82) is 5.26 Å². The summed E-state index contributed by atoms with van der Waals surface area (Å²) in [7, 11) is 1.41. The van der Waals surface area contributed by atoms with E-state index in [1.54, 1.807) is 12.1 Å². The molecule has 8 nitrogen and oxygen atoms in total. The summed E-state index contributed by atoms with van der Waals surface area (Å²) in [5.41, 5.74) is -2.41. The first-order valence-electron chi connectivity index (χ1n) is 11.4. The molecule has 0 amide bonds. The summed E-state index contributed by atoms with van der Waals surface area (Å²) >= 11 is 8.73. The highest BCUT2D eigenvalue weighted by Gasteiger charge is 2.45. The molecule has 3 aromatic rings. The minimum absolute atomic E-state index is 0.00945. The summed E-state index contributed by atoms with van der Waals surface area (Å²) in [6, 6.07) is 9.44. The third kappa shape index (κ3) is 5.89. The number of thiazole rings is 1. The molecule has 1 aromatic heterocycles. The molecule has 1 aliphatic rings. The predicted molar refractivity (Wildman–Crippen MR) is 149 cm³/mol. The fourth-order valence-corrected chi connectivity index (χ4v) is 5.78. The second kappa shape index (κ2) is 12.0. The van der Waals surface area contributed by atoms with Crippen LogP contribution in [0.25, 0.3) is 6.08 Å². The Hall–Kier alpha value is -3.35. The van der Waals surface area contributed by atoms with Gasteiger partial charge >= 0.3 is 12.1 Å². The Morgan fingerprint density at radius 3 is 2.60 bits per heavy atom. The molecule has 0 saturated carbocycles. The molecule has 2 aromatic carbocycles. The monoisotopic (exact) mass is 703 g/mol. The minimum atomic E-state index is -5.02. The first-order valence-corrected chi connectivity index (χ1v) is 13.7. The van der Waals surface area contributed by atoms with Gasteiger partial charge in [-0.15, -0.1) is 0 Å². The molecule has 2 heterocycles. The highest BCUT2D eigenvalue weighted by atomic mass is 127. The maximum absolute atomic E-state index is 14.3. The van der Waals surface area contributed by atoms with Gasteiger partial charge in [0.05, 0.1) is 29.9 Å². The lowest BCUT2D eigenvalue weighted by atomic mass is 9.95. The summed E-state index contributed by atoms with van der Waals surface area (Å²) in [6.07, 6.45) is -3.61. The van der Waals surface area contributed by atoms with Crippen LogP contribution in [-0.2, 0) is 9.53 Å². The maximum atomic E-state index is 14.3. The summed E-state index contributed by atoms with van der Waals surface area (Å²) < 4.78 is 60.4. The molecule has 0 bridgehead atoms. The molecule has 14 heteroatoms. The molecule has 0 N–H and O–H groups in total. The van der Waals surface area contributed by atoms with E-state index < -0.39 is 35.0 Å².